The molecule has 1 unspecified atom stereocenters. The fraction of sp³-hybridized carbons (Fsp3) is 0.222. The maximum atomic E-state index is 9.92. The van der Waals surface area contributed by atoms with Crippen molar-refractivity contribution in [3.8, 4) is 28.6 Å². The minimum Gasteiger partial charge on any atom is -0.507 e. The highest BCUT2D eigenvalue weighted by Gasteiger charge is 2.18. The van der Waals surface area contributed by atoms with Crippen molar-refractivity contribution >= 4 is 0 Å². The molecule has 7 nitrogen and oxygen atoms in total. The number of ether oxygens (including phenoxy) is 2. The van der Waals surface area contributed by atoms with Gasteiger partial charge in [-0.1, -0.05) is 18.2 Å². The minimum absolute atomic E-state index is 0.115. The van der Waals surface area contributed by atoms with Crippen LogP contribution >= 0.6 is 0 Å². The number of H-pyrrole nitrogens is 1. The summed E-state index contributed by atoms with van der Waals surface area (Å²) in [7, 11) is 1.58. The number of hydrogen-bond donors (Lipinski definition) is 3. The highest BCUT2D eigenvalue weighted by molar-refractivity contribution is 5.63. The molecule has 130 valence electrons. The Morgan fingerprint density at radius 3 is 2.72 bits per heavy atom. The number of aromatic nitrogens is 3. The van der Waals surface area contributed by atoms with Crippen molar-refractivity contribution in [2.75, 3.05) is 13.7 Å². The van der Waals surface area contributed by atoms with E-state index in [0.29, 0.717) is 35.3 Å². The molecule has 7 heteroatoms. The summed E-state index contributed by atoms with van der Waals surface area (Å²) in [6.45, 7) is 2.46. The monoisotopic (exact) mass is 340 g/mol. The molecule has 0 saturated heterocycles. The lowest BCUT2D eigenvalue weighted by Gasteiger charge is -2.13. The fourth-order valence-corrected chi connectivity index (χ4v) is 2.51. The normalized spacial score (nSPS) is 12.0. The van der Waals surface area contributed by atoms with Crippen LogP contribution in [0.1, 0.15) is 24.4 Å². The van der Waals surface area contributed by atoms with Crippen molar-refractivity contribution in [1.82, 2.24) is 15.2 Å². The second-order valence-corrected chi connectivity index (χ2v) is 5.38. The van der Waals surface area contributed by atoms with E-state index in [-0.39, 0.29) is 5.75 Å². The number of aromatic amines is 1. The van der Waals surface area contributed by atoms with Crippen LogP contribution in [0.2, 0.25) is 0 Å². The number of nitrogens with zero attached hydrogens (tertiary/aromatic N) is 2. The number of para-hydroxylation sites is 1. The number of methoxy groups -OCH3 is 1. The predicted octanol–water partition coefficient (Wildman–Crippen LogP) is 2.63. The number of nitrogens with two attached hydrogens (primary N) is 1. The van der Waals surface area contributed by atoms with E-state index in [4.69, 9.17) is 15.2 Å². The third kappa shape index (κ3) is 3.41. The summed E-state index contributed by atoms with van der Waals surface area (Å²) >= 11 is 0. The Labute approximate surface area is 145 Å². The summed E-state index contributed by atoms with van der Waals surface area (Å²) in [5, 5.41) is 16.9. The van der Waals surface area contributed by atoms with Gasteiger partial charge >= 0.3 is 0 Å². The third-order valence-electron chi connectivity index (χ3n) is 3.79. The Balaban J connectivity index is 1.89. The van der Waals surface area contributed by atoms with Crippen molar-refractivity contribution < 1.29 is 14.6 Å². The zero-order valence-corrected chi connectivity index (χ0v) is 14.1. The van der Waals surface area contributed by atoms with Crippen molar-refractivity contribution in [2.45, 2.75) is 13.0 Å². The molecule has 25 heavy (non-hydrogen) atoms. The van der Waals surface area contributed by atoms with Crippen LogP contribution in [0.4, 0.5) is 0 Å². The van der Waals surface area contributed by atoms with Crippen molar-refractivity contribution in [1.29, 1.82) is 0 Å². The molecule has 4 N–H and O–H groups in total. The first kappa shape index (κ1) is 16.8. The number of benzene rings is 2. The molecule has 2 aromatic carbocycles. The smallest absolute Gasteiger partial charge is 0.184 e. The molecule has 0 aliphatic heterocycles. The van der Waals surface area contributed by atoms with E-state index < -0.39 is 6.04 Å². The highest BCUT2D eigenvalue weighted by Crippen LogP contribution is 2.32. The number of phenolic OH excluding ortho intramolecular Hbond substituents is 1. The van der Waals surface area contributed by atoms with Crippen LogP contribution in [-0.2, 0) is 0 Å². The molecule has 1 aromatic heterocycles. The number of nitrogens with one attached hydrogen (secondary N) is 1. The summed E-state index contributed by atoms with van der Waals surface area (Å²) in [4.78, 5) is 4.41. The van der Waals surface area contributed by atoms with Gasteiger partial charge in [-0.25, -0.2) is 4.98 Å². The molecule has 3 rings (SSSR count). The molecule has 0 spiro atoms. The lowest BCUT2D eigenvalue weighted by molar-refractivity contribution is 0.310. The second kappa shape index (κ2) is 7.23. The number of phenols is 1. The van der Waals surface area contributed by atoms with Crippen molar-refractivity contribution in [3.63, 3.8) is 0 Å². The lowest BCUT2D eigenvalue weighted by Crippen LogP contribution is -2.14. The summed E-state index contributed by atoms with van der Waals surface area (Å²) in [5.41, 5.74) is 7.65. The van der Waals surface area contributed by atoms with Gasteiger partial charge < -0.3 is 20.3 Å². The maximum absolute atomic E-state index is 9.92. The van der Waals surface area contributed by atoms with E-state index in [1.54, 1.807) is 25.3 Å². The average Bonchev–Trinajstić information content (AvgIpc) is 3.12. The summed E-state index contributed by atoms with van der Waals surface area (Å²) < 4.78 is 10.9. The Morgan fingerprint density at radius 1 is 1.20 bits per heavy atom. The van der Waals surface area contributed by atoms with Gasteiger partial charge in [0.1, 0.15) is 11.6 Å². The van der Waals surface area contributed by atoms with Gasteiger partial charge in [0.15, 0.2) is 17.3 Å². The SMILES string of the molecule is CCOc1ccc(C(N)c2nc(-c3ccccc3O)n[nH]2)cc1OC. The molecule has 1 heterocycles. The van der Waals surface area contributed by atoms with Crippen LogP contribution in [0.25, 0.3) is 11.4 Å². The molecule has 3 aromatic rings. The van der Waals surface area contributed by atoms with Gasteiger partial charge in [0.25, 0.3) is 0 Å². The van der Waals surface area contributed by atoms with Gasteiger partial charge in [-0.3, -0.25) is 5.10 Å². The van der Waals surface area contributed by atoms with Gasteiger partial charge in [0.05, 0.1) is 25.3 Å². The van der Waals surface area contributed by atoms with Crippen molar-refractivity contribution in [3.05, 3.63) is 53.9 Å². The Morgan fingerprint density at radius 2 is 2.00 bits per heavy atom. The van der Waals surface area contributed by atoms with Gasteiger partial charge in [-0.2, -0.15) is 5.10 Å². The highest BCUT2D eigenvalue weighted by atomic mass is 16.5. The van der Waals surface area contributed by atoms with Crippen LogP contribution in [0.5, 0.6) is 17.2 Å². The van der Waals surface area contributed by atoms with Crippen LogP contribution in [0.15, 0.2) is 42.5 Å². The van der Waals surface area contributed by atoms with E-state index in [9.17, 15) is 5.11 Å². The molecule has 0 aliphatic rings. The van der Waals surface area contributed by atoms with E-state index >= 15 is 0 Å². The Hall–Kier alpha value is -3.06. The molecular weight excluding hydrogens is 320 g/mol. The number of rotatable bonds is 6. The molecule has 0 saturated carbocycles. The first-order valence-corrected chi connectivity index (χ1v) is 7.91. The number of aromatic hydroxyl groups is 1. The van der Waals surface area contributed by atoms with Gasteiger partial charge in [0.2, 0.25) is 0 Å². The molecule has 1 atom stereocenters. The minimum atomic E-state index is -0.517. The standard InChI is InChI=1S/C18H20N4O3/c1-3-25-14-9-8-11(10-15(14)24-2)16(19)18-20-17(21-22-18)12-6-4-5-7-13(12)23/h4-10,16,23H,3,19H2,1-2H3,(H,20,21,22). The van der Waals surface area contributed by atoms with Crippen LogP contribution in [-0.4, -0.2) is 34.0 Å². The molecule has 0 aliphatic carbocycles. The Kier molecular flexibility index (Phi) is 4.85. The fourth-order valence-electron chi connectivity index (χ4n) is 2.51. The maximum Gasteiger partial charge on any atom is 0.184 e. The summed E-state index contributed by atoms with van der Waals surface area (Å²) in [6, 6.07) is 11.9. The number of hydrogen-bond acceptors (Lipinski definition) is 6. The van der Waals surface area contributed by atoms with Crippen LogP contribution in [0, 0.1) is 0 Å². The van der Waals surface area contributed by atoms with Gasteiger partial charge in [0, 0.05) is 0 Å². The zero-order valence-electron chi connectivity index (χ0n) is 14.1. The average molecular weight is 340 g/mol. The van der Waals surface area contributed by atoms with Gasteiger partial charge in [-0.15, -0.1) is 0 Å². The first-order chi connectivity index (χ1) is 12.1. The topological polar surface area (TPSA) is 106 Å². The van der Waals surface area contributed by atoms with E-state index in [1.807, 2.05) is 31.2 Å². The quantitative estimate of drug-likeness (QED) is 0.637. The summed E-state index contributed by atoms with van der Waals surface area (Å²) in [5.74, 6) is 2.26. The van der Waals surface area contributed by atoms with E-state index in [2.05, 4.69) is 15.2 Å². The van der Waals surface area contributed by atoms with Crippen LogP contribution < -0.4 is 15.2 Å². The molecule has 0 amide bonds. The first-order valence-electron chi connectivity index (χ1n) is 7.91. The zero-order chi connectivity index (χ0) is 17.8. The van der Waals surface area contributed by atoms with Crippen molar-refractivity contribution in [2.24, 2.45) is 5.73 Å². The van der Waals surface area contributed by atoms with E-state index in [0.717, 1.165) is 5.56 Å². The third-order valence-corrected chi connectivity index (χ3v) is 3.79. The molecule has 0 fully saturated rings. The lowest BCUT2D eigenvalue weighted by atomic mass is 10.1. The largest absolute Gasteiger partial charge is 0.507 e. The molecule has 0 bridgehead atoms. The molecular formula is C18H20N4O3. The Bertz CT molecular complexity index is 863. The van der Waals surface area contributed by atoms with Crippen LogP contribution in [0.3, 0.4) is 0 Å². The second-order valence-electron chi connectivity index (χ2n) is 5.38. The molecule has 0 radical (unpaired) electrons. The van der Waals surface area contributed by atoms with E-state index in [1.165, 1.54) is 0 Å². The van der Waals surface area contributed by atoms with Gasteiger partial charge in [-0.05, 0) is 36.8 Å². The predicted molar refractivity (Wildman–Crippen MR) is 93.7 cm³/mol. The summed E-state index contributed by atoms with van der Waals surface area (Å²) in [6.07, 6.45) is 0.